The summed E-state index contributed by atoms with van der Waals surface area (Å²) in [4.78, 5) is 0.618. The normalized spacial score (nSPS) is 17.4. The van der Waals surface area contributed by atoms with E-state index in [-0.39, 0.29) is 11.1 Å². The van der Waals surface area contributed by atoms with Crippen molar-refractivity contribution < 1.29 is 34.6 Å². The van der Waals surface area contributed by atoms with Crippen LogP contribution < -0.4 is 4.90 Å². The number of fused-ring (bicyclic) bond motifs is 6. The van der Waals surface area contributed by atoms with E-state index in [1.807, 2.05) is 42.5 Å². The van der Waals surface area contributed by atoms with E-state index in [2.05, 4.69) is 0 Å². The van der Waals surface area contributed by atoms with Crippen LogP contribution in [-0.4, -0.2) is 0 Å². The average Bonchev–Trinajstić information content (AvgIpc) is 3.79. The molecule has 0 aliphatic heterocycles. The topological polar surface area (TPSA) is 16.4 Å². The summed E-state index contributed by atoms with van der Waals surface area (Å²) in [5, 5.41) is -0.0646. The first-order valence-electron chi connectivity index (χ1n) is 27.0. The molecule has 0 saturated heterocycles. The molecular formula is C50H33NO. The maximum absolute atomic E-state index is 9.71. The van der Waals surface area contributed by atoms with Gasteiger partial charge >= 0.3 is 0 Å². The fourth-order valence-electron chi connectivity index (χ4n) is 6.16. The highest BCUT2D eigenvalue weighted by molar-refractivity contribution is 6.19. The van der Waals surface area contributed by atoms with Crippen molar-refractivity contribution in [3.05, 3.63) is 200 Å². The van der Waals surface area contributed by atoms with Crippen molar-refractivity contribution in [2.24, 2.45) is 0 Å². The van der Waals surface area contributed by atoms with Gasteiger partial charge in [0.2, 0.25) is 0 Å². The molecule has 10 aromatic rings. The number of rotatable bonds is 6. The standard InChI is InChI=1S/C50H33NO/c1-2-10-34(11-3-1)36-22-27-43(28-23-36)51(47-18-9-19-48-49(47)46-31-26-38-13-6-7-17-45(38)50(46)52-48)44-29-24-37(25-30-44)40-15-8-16-41(32-40)42-21-20-35-12-4-5-14-39(35)33-42/h1-33H/i1D,2D,3D,6D,7D,9D,10D,11D,13D,17D,18D,19D,22D,23D,24D,25D,26D,27D,28D,29D,30D,31D. The minimum absolute atomic E-state index is 0.215. The van der Waals surface area contributed by atoms with Crippen molar-refractivity contribution in [1.82, 2.24) is 0 Å². The number of anilines is 3. The highest BCUT2D eigenvalue weighted by Crippen LogP contribution is 2.45. The molecule has 0 amide bonds. The molecule has 0 radical (unpaired) electrons. The van der Waals surface area contributed by atoms with Gasteiger partial charge in [0.1, 0.15) is 11.2 Å². The second-order valence-corrected chi connectivity index (χ2v) is 11.7. The summed E-state index contributed by atoms with van der Waals surface area (Å²) in [6.45, 7) is 0. The molecule has 9 aromatic carbocycles. The van der Waals surface area contributed by atoms with Gasteiger partial charge in [0, 0.05) is 22.1 Å². The molecule has 0 aliphatic carbocycles. The van der Waals surface area contributed by atoms with E-state index in [4.69, 9.17) is 20.9 Å². The fourth-order valence-corrected chi connectivity index (χ4v) is 6.16. The highest BCUT2D eigenvalue weighted by atomic mass is 16.3. The van der Waals surface area contributed by atoms with E-state index in [0.717, 1.165) is 16.3 Å². The van der Waals surface area contributed by atoms with Crippen LogP contribution in [0.1, 0.15) is 30.2 Å². The van der Waals surface area contributed by atoms with Crippen LogP contribution in [0.15, 0.2) is 204 Å². The van der Waals surface area contributed by atoms with Gasteiger partial charge in [-0.25, -0.2) is 0 Å². The van der Waals surface area contributed by atoms with E-state index in [9.17, 15) is 13.7 Å². The zero-order valence-electron chi connectivity index (χ0n) is 48.7. The summed E-state index contributed by atoms with van der Waals surface area (Å²) in [7, 11) is 0. The van der Waals surface area contributed by atoms with Gasteiger partial charge in [-0.3, -0.25) is 0 Å². The van der Waals surface area contributed by atoms with Crippen LogP contribution in [0.25, 0.3) is 76.9 Å². The van der Waals surface area contributed by atoms with E-state index in [1.165, 1.54) is 0 Å². The Hall–Kier alpha value is -6.90. The van der Waals surface area contributed by atoms with Crippen LogP contribution in [-0.2, 0) is 0 Å². The van der Waals surface area contributed by atoms with Gasteiger partial charge in [0.25, 0.3) is 0 Å². The molecule has 1 heterocycles. The zero-order valence-corrected chi connectivity index (χ0v) is 26.7. The SMILES string of the molecule is [2H]c1c([2H])c([2H])c(-c2c([2H])c([2H])c(N(c3c([2H])c([2H])c(-c4cccc(-c5ccc6ccccc6c5)c4)c([2H])c3[2H])c3c([2H])c([2H])c([2H])c4oc5c6c([2H])c([2H])c([2H])c([2H])c6c([2H])c([2H])c5c34)c([2H])c2[2H])c([2H])c1[2H]. The van der Waals surface area contributed by atoms with Crippen molar-refractivity contribution in [2.75, 3.05) is 4.90 Å². The minimum Gasteiger partial charge on any atom is -0.455 e. The molecule has 0 aliphatic rings. The van der Waals surface area contributed by atoms with Gasteiger partial charge < -0.3 is 9.32 Å². The Bertz CT molecular complexity index is 4100. The van der Waals surface area contributed by atoms with Crippen LogP contribution in [0, 0.1) is 0 Å². The van der Waals surface area contributed by atoms with Crippen molar-refractivity contribution in [1.29, 1.82) is 0 Å². The predicted octanol–water partition coefficient (Wildman–Crippen LogP) is 14.4. The highest BCUT2D eigenvalue weighted by Gasteiger charge is 2.20. The number of hydrogen-bond acceptors (Lipinski definition) is 2. The zero-order chi connectivity index (χ0) is 53.6. The van der Waals surface area contributed by atoms with Crippen LogP contribution in [0.2, 0.25) is 0 Å². The molecule has 52 heavy (non-hydrogen) atoms. The van der Waals surface area contributed by atoms with Crippen molar-refractivity contribution in [2.45, 2.75) is 0 Å². The lowest BCUT2D eigenvalue weighted by Gasteiger charge is -2.26. The lowest BCUT2D eigenvalue weighted by molar-refractivity contribution is 0.672. The van der Waals surface area contributed by atoms with E-state index >= 15 is 0 Å². The third-order valence-electron chi connectivity index (χ3n) is 8.61. The molecule has 0 N–H and O–H groups in total. The molecule has 0 atom stereocenters. The lowest BCUT2D eigenvalue weighted by atomic mass is 9.97. The summed E-state index contributed by atoms with van der Waals surface area (Å²) in [5.41, 5.74) is -3.89. The molecule has 2 nitrogen and oxygen atoms in total. The number of benzene rings is 9. The number of furan rings is 1. The fraction of sp³-hybridized carbons (Fsp3) is 0. The second kappa shape index (κ2) is 12.5. The maximum atomic E-state index is 9.71. The van der Waals surface area contributed by atoms with Gasteiger partial charge in [0.15, 0.2) is 0 Å². The molecule has 2 heteroatoms. The molecule has 0 spiro atoms. The van der Waals surface area contributed by atoms with Gasteiger partial charge in [-0.2, -0.15) is 0 Å². The summed E-state index contributed by atoms with van der Waals surface area (Å²) in [6.07, 6.45) is 0. The number of hydrogen-bond donors (Lipinski definition) is 0. The van der Waals surface area contributed by atoms with Crippen molar-refractivity contribution >= 4 is 60.5 Å². The Balaban J connectivity index is 1.35. The first-order chi connectivity index (χ1) is 34.9. The van der Waals surface area contributed by atoms with Crippen LogP contribution >= 0.6 is 0 Å². The van der Waals surface area contributed by atoms with E-state index in [0.29, 0.717) is 10.5 Å². The smallest absolute Gasteiger partial charge is 0.143 e. The van der Waals surface area contributed by atoms with Crippen molar-refractivity contribution in [3.63, 3.8) is 0 Å². The van der Waals surface area contributed by atoms with E-state index < -0.39 is 194 Å². The third kappa shape index (κ3) is 5.21. The Labute approximate surface area is 333 Å². The van der Waals surface area contributed by atoms with E-state index in [1.54, 1.807) is 24.3 Å². The summed E-state index contributed by atoms with van der Waals surface area (Å²) >= 11 is 0. The molecule has 0 saturated carbocycles. The summed E-state index contributed by atoms with van der Waals surface area (Å²) in [5.74, 6) is 0. The minimum atomic E-state index is -1.09. The summed E-state index contributed by atoms with van der Waals surface area (Å²) < 4.78 is 205. The Morgan fingerprint density at radius 3 is 1.85 bits per heavy atom. The first kappa shape index (κ1) is 15.1. The van der Waals surface area contributed by atoms with Crippen LogP contribution in [0.3, 0.4) is 0 Å². The van der Waals surface area contributed by atoms with Gasteiger partial charge in [-0.05, 0) is 104 Å². The first-order valence-corrected chi connectivity index (χ1v) is 16.0. The average molecular weight is 686 g/mol. The molecular weight excluding hydrogens is 631 g/mol. The second-order valence-electron chi connectivity index (χ2n) is 11.7. The Morgan fingerprint density at radius 2 is 1.06 bits per heavy atom. The Kier molecular flexibility index (Phi) is 3.63. The van der Waals surface area contributed by atoms with Gasteiger partial charge in [0.05, 0.1) is 41.2 Å². The van der Waals surface area contributed by atoms with Gasteiger partial charge in [-0.1, -0.05) is 145 Å². The van der Waals surface area contributed by atoms with Crippen molar-refractivity contribution in [3.8, 4) is 33.4 Å². The molecule has 0 fully saturated rings. The lowest BCUT2D eigenvalue weighted by Crippen LogP contribution is -2.10. The molecule has 244 valence electrons. The number of nitrogens with zero attached hydrogens (tertiary/aromatic N) is 1. The monoisotopic (exact) mass is 685 g/mol. The molecule has 0 bridgehead atoms. The summed E-state index contributed by atoms with van der Waals surface area (Å²) in [6, 6.07) is 0.920. The van der Waals surface area contributed by atoms with Gasteiger partial charge in [-0.15, -0.1) is 0 Å². The quantitative estimate of drug-likeness (QED) is 0.173. The Morgan fingerprint density at radius 1 is 0.404 bits per heavy atom. The molecule has 1 aromatic heterocycles. The predicted molar refractivity (Wildman–Crippen MR) is 220 cm³/mol. The third-order valence-corrected chi connectivity index (χ3v) is 8.61. The van der Waals surface area contributed by atoms with Crippen LogP contribution in [0.4, 0.5) is 17.1 Å². The maximum Gasteiger partial charge on any atom is 0.143 e. The largest absolute Gasteiger partial charge is 0.455 e. The molecule has 0 unspecified atom stereocenters. The van der Waals surface area contributed by atoms with Crippen LogP contribution in [0.5, 0.6) is 0 Å². The molecule has 10 rings (SSSR count).